The van der Waals surface area contributed by atoms with E-state index in [0.29, 0.717) is 24.6 Å². The van der Waals surface area contributed by atoms with Crippen LogP contribution in [0, 0.1) is 0 Å². The molecule has 0 N–H and O–H groups in total. The van der Waals surface area contributed by atoms with Crippen molar-refractivity contribution in [2.75, 3.05) is 34.4 Å². The molecule has 29 heavy (non-hydrogen) atoms. The van der Waals surface area contributed by atoms with Crippen molar-refractivity contribution >= 4 is 15.9 Å². The summed E-state index contributed by atoms with van der Waals surface area (Å²) in [5.41, 5.74) is 1.07. The van der Waals surface area contributed by atoms with Crippen LogP contribution in [-0.4, -0.2) is 57.9 Å². The number of ether oxygens (including phenoxy) is 2. The van der Waals surface area contributed by atoms with Gasteiger partial charge in [-0.05, 0) is 48.7 Å². The Kier molecular flexibility index (Phi) is 6.44. The first-order valence-electron chi connectivity index (χ1n) is 9.43. The van der Waals surface area contributed by atoms with E-state index in [0.717, 1.165) is 18.4 Å². The van der Waals surface area contributed by atoms with Crippen molar-refractivity contribution in [2.24, 2.45) is 0 Å². The van der Waals surface area contributed by atoms with E-state index < -0.39 is 10.0 Å². The topological polar surface area (TPSA) is 76.1 Å². The number of methoxy groups -OCH3 is 2. The summed E-state index contributed by atoms with van der Waals surface area (Å²) in [6.45, 7) is 1.53. The minimum atomic E-state index is -3.80. The van der Waals surface area contributed by atoms with Crippen LogP contribution in [0.15, 0.2) is 47.4 Å². The van der Waals surface area contributed by atoms with Crippen LogP contribution in [0.1, 0.15) is 28.8 Å². The second-order valence-corrected chi connectivity index (χ2v) is 9.02. The fourth-order valence-electron chi connectivity index (χ4n) is 3.40. The molecule has 0 spiro atoms. The molecule has 1 aliphatic rings. The van der Waals surface area contributed by atoms with Crippen LogP contribution in [0.3, 0.4) is 0 Å². The number of likely N-dealkylation sites (tertiary alicyclic amines) is 1. The maximum atomic E-state index is 13.1. The van der Waals surface area contributed by atoms with Gasteiger partial charge >= 0.3 is 0 Å². The van der Waals surface area contributed by atoms with Gasteiger partial charge in [-0.1, -0.05) is 12.1 Å². The van der Waals surface area contributed by atoms with Gasteiger partial charge in [0.05, 0.1) is 24.7 Å². The van der Waals surface area contributed by atoms with E-state index in [1.165, 1.54) is 36.7 Å². The van der Waals surface area contributed by atoms with Crippen LogP contribution in [0.25, 0.3) is 0 Å². The highest BCUT2D eigenvalue weighted by atomic mass is 32.2. The van der Waals surface area contributed by atoms with E-state index in [1.54, 1.807) is 24.1 Å². The van der Waals surface area contributed by atoms with E-state index >= 15 is 0 Å². The van der Waals surface area contributed by atoms with E-state index in [1.807, 2.05) is 12.1 Å². The number of amides is 1. The van der Waals surface area contributed by atoms with Crippen molar-refractivity contribution in [2.45, 2.75) is 24.3 Å². The average Bonchev–Trinajstić information content (AvgIpc) is 3.27. The summed E-state index contributed by atoms with van der Waals surface area (Å²) in [5, 5.41) is 0. The van der Waals surface area contributed by atoms with Crippen LogP contribution in [0.2, 0.25) is 0 Å². The van der Waals surface area contributed by atoms with Crippen LogP contribution in [0.5, 0.6) is 11.5 Å². The highest BCUT2D eigenvalue weighted by Crippen LogP contribution is 2.27. The molecule has 2 aromatic rings. The first-order chi connectivity index (χ1) is 13.9. The molecular formula is C21H26N2O5S. The zero-order valence-electron chi connectivity index (χ0n) is 16.9. The number of carbonyl (C=O) groups excluding carboxylic acids is 1. The second-order valence-electron chi connectivity index (χ2n) is 6.97. The molecule has 0 atom stereocenters. The summed E-state index contributed by atoms with van der Waals surface area (Å²) >= 11 is 0. The molecule has 0 unspecified atom stereocenters. The van der Waals surface area contributed by atoms with Crippen molar-refractivity contribution in [3.8, 4) is 11.5 Å². The Morgan fingerprint density at radius 2 is 1.79 bits per heavy atom. The molecule has 7 nitrogen and oxygen atoms in total. The molecule has 0 radical (unpaired) electrons. The van der Waals surface area contributed by atoms with Crippen molar-refractivity contribution in [1.82, 2.24) is 9.21 Å². The normalized spacial score (nSPS) is 14.3. The first-order valence-corrected chi connectivity index (χ1v) is 10.9. The van der Waals surface area contributed by atoms with E-state index in [9.17, 15) is 13.2 Å². The number of rotatable bonds is 7. The summed E-state index contributed by atoms with van der Waals surface area (Å²) in [5.74, 6) is 0.833. The highest BCUT2D eigenvalue weighted by molar-refractivity contribution is 7.89. The van der Waals surface area contributed by atoms with E-state index in [2.05, 4.69) is 0 Å². The number of hydrogen-bond acceptors (Lipinski definition) is 5. The van der Waals surface area contributed by atoms with Gasteiger partial charge in [0.2, 0.25) is 10.0 Å². The second kappa shape index (κ2) is 8.84. The van der Waals surface area contributed by atoms with Crippen LogP contribution in [-0.2, 0) is 16.6 Å². The van der Waals surface area contributed by atoms with Crippen molar-refractivity contribution in [3.05, 3.63) is 53.6 Å². The lowest BCUT2D eigenvalue weighted by Gasteiger charge is -2.20. The Morgan fingerprint density at radius 3 is 2.45 bits per heavy atom. The third kappa shape index (κ3) is 4.54. The summed E-state index contributed by atoms with van der Waals surface area (Å²) in [6.07, 6.45) is 1.91. The molecule has 3 rings (SSSR count). The Labute approximate surface area is 171 Å². The van der Waals surface area contributed by atoms with Crippen LogP contribution in [0.4, 0.5) is 0 Å². The SMILES string of the molecule is COc1cccc(CN(C)S(=O)(=O)c2ccc(OC)c(C(=O)N3CCCC3)c2)c1. The summed E-state index contributed by atoms with van der Waals surface area (Å²) in [6, 6.07) is 11.7. The molecule has 1 aliphatic heterocycles. The molecular weight excluding hydrogens is 392 g/mol. The van der Waals surface area contributed by atoms with Gasteiger partial charge in [-0.15, -0.1) is 0 Å². The zero-order valence-corrected chi connectivity index (χ0v) is 17.7. The smallest absolute Gasteiger partial charge is 0.257 e. The Balaban J connectivity index is 1.89. The molecule has 2 aromatic carbocycles. The van der Waals surface area contributed by atoms with Crippen LogP contribution >= 0.6 is 0 Å². The van der Waals surface area contributed by atoms with Gasteiger partial charge in [-0.25, -0.2) is 8.42 Å². The lowest BCUT2D eigenvalue weighted by molar-refractivity contribution is 0.0789. The fraction of sp³-hybridized carbons (Fsp3) is 0.381. The standard InChI is InChI=1S/C21H26N2O5S/c1-22(15-16-7-6-8-17(13-16)27-2)29(25,26)18-9-10-20(28-3)19(14-18)21(24)23-11-4-5-12-23/h6-10,13-14H,4-5,11-12,15H2,1-3H3. The quantitative estimate of drug-likeness (QED) is 0.691. The third-order valence-corrected chi connectivity index (χ3v) is 6.84. The third-order valence-electron chi connectivity index (χ3n) is 5.04. The molecule has 0 aliphatic carbocycles. The van der Waals surface area contributed by atoms with Gasteiger partial charge in [-0.2, -0.15) is 4.31 Å². The Hall–Kier alpha value is -2.58. The van der Waals surface area contributed by atoms with Gasteiger partial charge in [0, 0.05) is 26.7 Å². The molecule has 1 saturated heterocycles. The lowest BCUT2D eigenvalue weighted by Crippen LogP contribution is -2.29. The lowest BCUT2D eigenvalue weighted by atomic mass is 10.1. The minimum Gasteiger partial charge on any atom is -0.497 e. The van der Waals surface area contributed by atoms with Gasteiger partial charge in [0.15, 0.2) is 0 Å². The number of sulfonamides is 1. The van der Waals surface area contributed by atoms with Crippen molar-refractivity contribution in [1.29, 1.82) is 0 Å². The van der Waals surface area contributed by atoms with Gasteiger partial charge < -0.3 is 14.4 Å². The molecule has 8 heteroatoms. The summed E-state index contributed by atoms with van der Waals surface area (Å²) in [4.78, 5) is 14.7. The predicted molar refractivity (Wildman–Crippen MR) is 110 cm³/mol. The Morgan fingerprint density at radius 1 is 1.07 bits per heavy atom. The molecule has 0 bridgehead atoms. The molecule has 1 fully saturated rings. The van der Waals surface area contributed by atoms with Gasteiger partial charge in [0.25, 0.3) is 5.91 Å². The maximum absolute atomic E-state index is 13.1. The first kappa shape index (κ1) is 21.1. The molecule has 156 valence electrons. The molecule has 1 heterocycles. The van der Waals surface area contributed by atoms with E-state index in [4.69, 9.17) is 9.47 Å². The van der Waals surface area contributed by atoms with Crippen LogP contribution < -0.4 is 9.47 Å². The van der Waals surface area contributed by atoms with Gasteiger partial charge in [-0.3, -0.25) is 4.79 Å². The van der Waals surface area contributed by atoms with Gasteiger partial charge in [0.1, 0.15) is 11.5 Å². The highest BCUT2D eigenvalue weighted by Gasteiger charge is 2.27. The molecule has 1 amide bonds. The number of nitrogens with zero attached hydrogens (tertiary/aromatic N) is 2. The summed E-state index contributed by atoms with van der Waals surface area (Å²) in [7, 11) is 0.757. The number of benzene rings is 2. The monoisotopic (exact) mass is 418 g/mol. The largest absolute Gasteiger partial charge is 0.497 e. The van der Waals surface area contributed by atoms with E-state index in [-0.39, 0.29) is 22.9 Å². The predicted octanol–water partition coefficient (Wildman–Crippen LogP) is 2.76. The molecule has 0 saturated carbocycles. The molecule has 0 aromatic heterocycles. The maximum Gasteiger partial charge on any atom is 0.257 e. The fourth-order valence-corrected chi connectivity index (χ4v) is 4.58. The van der Waals surface area contributed by atoms with Crippen molar-refractivity contribution in [3.63, 3.8) is 0 Å². The minimum absolute atomic E-state index is 0.0613. The zero-order chi connectivity index (χ0) is 21.0. The number of carbonyl (C=O) groups is 1. The number of hydrogen-bond donors (Lipinski definition) is 0. The van der Waals surface area contributed by atoms with Crippen molar-refractivity contribution < 1.29 is 22.7 Å². The summed E-state index contributed by atoms with van der Waals surface area (Å²) < 4.78 is 38.0. The average molecular weight is 419 g/mol. The Bertz CT molecular complexity index is 984.